The fraction of sp³-hybridized carbons (Fsp3) is 0. The maximum atomic E-state index is 5.96. The number of anilines is 1. The van der Waals surface area contributed by atoms with Gasteiger partial charge in [0, 0.05) is 22.7 Å². The zero-order valence-electron chi connectivity index (χ0n) is 8.31. The predicted molar refractivity (Wildman–Crippen MR) is 66.5 cm³/mol. The first kappa shape index (κ1) is 9.36. The molecule has 2 aromatic heterocycles. The quantitative estimate of drug-likeness (QED) is 0.366. The van der Waals surface area contributed by atoms with Crippen LogP contribution in [-0.2, 0) is 0 Å². The van der Waals surface area contributed by atoms with Gasteiger partial charge in [-0.2, -0.15) is 0 Å². The van der Waals surface area contributed by atoms with Crippen molar-refractivity contribution in [2.24, 2.45) is 0 Å². The minimum absolute atomic E-state index is 0.449. The van der Waals surface area contributed by atoms with Gasteiger partial charge in [0.2, 0.25) is 0 Å². The standard InChI is InChI=1S/C12H8ClN3/c13-10-4-3-8-9(14)6-7-2-1-5-15-11(7)12(8)16-10/h1-6H,14H2. The van der Waals surface area contributed by atoms with Gasteiger partial charge in [-0.1, -0.05) is 17.7 Å². The molecule has 0 bridgehead atoms. The lowest BCUT2D eigenvalue weighted by Crippen LogP contribution is -1.91. The molecular formula is C12H8ClN3. The third-order valence-electron chi connectivity index (χ3n) is 2.55. The first-order valence-corrected chi connectivity index (χ1v) is 5.23. The highest BCUT2D eigenvalue weighted by Crippen LogP contribution is 2.28. The van der Waals surface area contributed by atoms with E-state index in [1.165, 1.54) is 0 Å². The molecule has 2 heterocycles. The molecule has 3 aromatic rings. The van der Waals surface area contributed by atoms with Gasteiger partial charge in [0.25, 0.3) is 0 Å². The van der Waals surface area contributed by atoms with E-state index in [2.05, 4.69) is 9.97 Å². The van der Waals surface area contributed by atoms with E-state index in [0.29, 0.717) is 10.8 Å². The van der Waals surface area contributed by atoms with Crippen molar-refractivity contribution in [2.75, 3.05) is 5.73 Å². The van der Waals surface area contributed by atoms with Crippen molar-refractivity contribution in [3.05, 3.63) is 41.7 Å². The van der Waals surface area contributed by atoms with Crippen LogP contribution in [0.2, 0.25) is 5.15 Å². The second-order valence-electron chi connectivity index (χ2n) is 3.57. The van der Waals surface area contributed by atoms with Crippen LogP contribution in [0.3, 0.4) is 0 Å². The Morgan fingerprint density at radius 1 is 1.12 bits per heavy atom. The van der Waals surface area contributed by atoms with Crippen molar-refractivity contribution >= 4 is 39.1 Å². The second kappa shape index (κ2) is 3.32. The molecule has 0 spiro atoms. The maximum Gasteiger partial charge on any atom is 0.129 e. The van der Waals surface area contributed by atoms with Crippen molar-refractivity contribution in [1.29, 1.82) is 0 Å². The predicted octanol–water partition coefficient (Wildman–Crippen LogP) is 3.02. The number of nitrogens with two attached hydrogens (primary N) is 1. The Labute approximate surface area is 96.9 Å². The van der Waals surface area contributed by atoms with Gasteiger partial charge in [0.15, 0.2) is 0 Å². The van der Waals surface area contributed by atoms with Crippen LogP contribution in [-0.4, -0.2) is 9.97 Å². The van der Waals surface area contributed by atoms with Crippen molar-refractivity contribution in [3.63, 3.8) is 0 Å². The molecule has 0 radical (unpaired) electrons. The summed E-state index contributed by atoms with van der Waals surface area (Å²) in [5.74, 6) is 0. The average Bonchev–Trinajstić information content (AvgIpc) is 2.29. The molecule has 0 saturated heterocycles. The van der Waals surface area contributed by atoms with Crippen molar-refractivity contribution in [2.45, 2.75) is 0 Å². The van der Waals surface area contributed by atoms with Gasteiger partial charge in [0.1, 0.15) is 10.7 Å². The molecule has 0 fully saturated rings. The largest absolute Gasteiger partial charge is 0.398 e. The van der Waals surface area contributed by atoms with E-state index in [1.807, 2.05) is 24.3 Å². The third kappa shape index (κ3) is 1.29. The fourth-order valence-corrected chi connectivity index (χ4v) is 1.97. The molecule has 78 valence electrons. The van der Waals surface area contributed by atoms with Crippen LogP contribution < -0.4 is 5.73 Å². The lowest BCUT2D eigenvalue weighted by molar-refractivity contribution is 1.37. The summed E-state index contributed by atoms with van der Waals surface area (Å²) in [6.45, 7) is 0. The molecule has 0 aliphatic carbocycles. The average molecular weight is 230 g/mol. The number of pyridine rings is 2. The molecule has 0 saturated carbocycles. The molecular weight excluding hydrogens is 222 g/mol. The number of nitrogen functional groups attached to an aromatic ring is 1. The van der Waals surface area contributed by atoms with E-state index < -0.39 is 0 Å². The smallest absolute Gasteiger partial charge is 0.129 e. The minimum atomic E-state index is 0.449. The van der Waals surface area contributed by atoms with E-state index in [0.717, 1.165) is 21.8 Å². The van der Waals surface area contributed by atoms with Crippen LogP contribution in [0.25, 0.3) is 21.8 Å². The lowest BCUT2D eigenvalue weighted by atomic mass is 10.1. The molecule has 3 nitrogen and oxygen atoms in total. The zero-order chi connectivity index (χ0) is 11.1. The summed E-state index contributed by atoms with van der Waals surface area (Å²) in [4.78, 5) is 8.60. The van der Waals surface area contributed by atoms with Gasteiger partial charge in [-0.3, -0.25) is 4.98 Å². The number of fused-ring (bicyclic) bond motifs is 3. The van der Waals surface area contributed by atoms with E-state index in [4.69, 9.17) is 17.3 Å². The SMILES string of the molecule is Nc1cc2cccnc2c2nc(Cl)ccc12. The van der Waals surface area contributed by atoms with Gasteiger partial charge >= 0.3 is 0 Å². The van der Waals surface area contributed by atoms with Crippen LogP contribution in [0.15, 0.2) is 36.5 Å². The van der Waals surface area contributed by atoms with E-state index in [-0.39, 0.29) is 0 Å². The monoisotopic (exact) mass is 229 g/mol. The first-order valence-electron chi connectivity index (χ1n) is 4.85. The van der Waals surface area contributed by atoms with Crippen molar-refractivity contribution < 1.29 is 0 Å². The van der Waals surface area contributed by atoms with Gasteiger partial charge in [0.05, 0.1) is 5.52 Å². The van der Waals surface area contributed by atoms with Gasteiger partial charge in [-0.15, -0.1) is 0 Å². The third-order valence-corrected chi connectivity index (χ3v) is 2.76. The first-order chi connectivity index (χ1) is 7.75. The fourth-order valence-electron chi connectivity index (χ4n) is 1.83. The summed E-state index contributed by atoms with van der Waals surface area (Å²) in [7, 11) is 0. The zero-order valence-corrected chi connectivity index (χ0v) is 9.07. The number of halogens is 1. The molecule has 0 aliphatic rings. The Hall–Kier alpha value is -1.87. The Morgan fingerprint density at radius 3 is 2.88 bits per heavy atom. The minimum Gasteiger partial charge on any atom is -0.398 e. The molecule has 0 unspecified atom stereocenters. The molecule has 0 amide bonds. The number of hydrogen-bond donors (Lipinski definition) is 1. The molecule has 0 aliphatic heterocycles. The highest BCUT2D eigenvalue weighted by molar-refractivity contribution is 6.30. The van der Waals surface area contributed by atoms with Crippen molar-refractivity contribution in [3.8, 4) is 0 Å². The number of aromatic nitrogens is 2. The van der Waals surface area contributed by atoms with Gasteiger partial charge in [-0.25, -0.2) is 4.98 Å². The highest BCUT2D eigenvalue weighted by Gasteiger charge is 2.06. The van der Waals surface area contributed by atoms with E-state index in [9.17, 15) is 0 Å². The molecule has 1 aromatic carbocycles. The molecule has 16 heavy (non-hydrogen) atoms. The van der Waals surface area contributed by atoms with Crippen LogP contribution >= 0.6 is 11.6 Å². The Bertz CT molecular complexity index is 694. The second-order valence-corrected chi connectivity index (χ2v) is 3.96. The van der Waals surface area contributed by atoms with Crippen LogP contribution in [0.4, 0.5) is 5.69 Å². The number of rotatable bonds is 0. The number of benzene rings is 1. The van der Waals surface area contributed by atoms with Crippen LogP contribution in [0, 0.1) is 0 Å². The summed E-state index contributed by atoms with van der Waals surface area (Å²) in [6.07, 6.45) is 1.74. The number of hydrogen-bond acceptors (Lipinski definition) is 3. The van der Waals surface area contributed by atoms with Crippen LogP contribution in [0.5, 0.6) is 0 Å². The topological polar surface area (TPSA) is 51.8 Å². The summed E-state index contributed by atoms with van der Waals surface area (Å²) >= 11 is 5.89. The summed E-state index contributed by atoms with van der Waals surface area (Å²) in [6, 6.07) is 9.34. The summed E-state index contributed by atoms with van der Waals surface area (Å²) < 4.78 is 0. The lowest BCUT2D eigenvalue weighted by Gasteiger charge is -2.05. The normalized spacial score (nSPS) is 11.1. The Kier molecular flexibility index (Phi) is 1.94. The Balaban J connectivity index is 2.61. The molecule has 4 heteroatoms. The van der Waals surface area contributed by atoms with Gasteiger partial charge < -0.3 is 5.73 Å². The van der Waals surface area contributed by atoms with E-state index in [1.54, 1.807) is 12.3 Å². The summed E-state index contributed by atoms with van der Waals surface area (Å²) in [5, 5.41) is 2.31. The molecule has 2 N–H and O–H groups in total. The molecule has 3 rings (SSSR count). The Morgan fingerprint density at radius 2 is 2.00 bits per heavy atom. The number of nitrogens with zero attached hydrogens (tertiary/aromatic N) is 2. The van der Waals surface area contributed by atoms with Crippen molar-refractivity contribution in [1.82, 2.24) is 9.97 Å². The highest BCUT2D eigenvalue weighted by atomic mass is 35.5. The van der Waals surface area contributed by atoms with Gasteiger partial charge in [-0.05, 0) is 24.3 Å². The molecule has 0 atom stereocenters. The maximum absolute atomic E-state index is 5.96. The van der Waals surface area contributed by atoms with Crippen LogP contribution in [0.1, 0.15) is 0 Å². The summed E-state index contributed by atoms with van der Waals surface area (Å²) in [5.41, 5.74) is 8.24. The van der Waals surface area contributed by atoms with E-state index >= 15 is 0 Å².